The standard InChI is InChI=1S/C24H29BrN2O4/c1-29-20-6-3-18(4-7-20)5-8-24(28)27-10-2-9-26(11-12-27)17-19-15-22-23(16-21(19)25)31-14-13-30-22/h3-4,6-7,15-16H,2,5,8-14,17H2,1H3. The molecule has 1 fully saturated rings. The summed E-state index contributed by atoms with van der Waals surface area (Å²) in [5.74, 6) is 2.69. The van der Waals surface area contributed by atoms with Crippen LogP contribution in [0.2, 0.25) is 0 Å². The summed E-state index contributed by atoms with van der Waals surface area (Å²) in [6.45, 7) is 5.44. The first kappa shape index (κ1) is 22.0. The molecule has 2 heterocycles. The van der Waals surface area contributed by atoms with Crippen molar-refractivity contribution in [1.82, 2.24) is 9.80 Å². The van der Waals surface area contributed by atoms with Crippen molar-refractivity contribution in [2.24, 2.45) is 0 Å². The van der Waals surface area contributed by atoms with Crippen LogP contribution in [0.4, 0.5) is 0 Å². The summed E-state index contributed by atoms with van der Waals surface area (Å²) in [6.07, 6.45) is 2.28. The van der Waals surface area contributed by atoms with Crippen LogP contribution in [-0.2, 0) is 17.8 Å². The summed E-state index contributed by atoms with van der Waals surface area (Å²) in [5, 5.41) is 0. The molecule has 1 saturated heterocycles. The van der Waals surface area contributed by atoms with E-state index in [1.165, 1.54) is 5.56 Å². The average Bonchev–Trinajstić information content (AvgIpc) is 3.04. The topological polar surface area (TPSA) is 51.2 Å². The van der Waals surface area contributed by atoms with Crippen molar-refractivity contribution in [3.8, 4) is 17.2 Å². The van der Waals surface area contributed by atoms with Crippen LogP contribution in [0.25, 0.3) is 0 Å². The molecule has 0 aromatic heterocycles. The largest absolute Gasteiger partial charge is 0.497 e. The number of hydrogen-bond donors (Lipinski definition) is 0. The first-order valence-electron chi connectivity index (χ1n) is 10.8. The van der Waals surface area contributed by atoms with Gasteiger partial charge in [0.25, 0.3) is 0 Å². The minimum absolute atomic E-state index is 0.234. The summed E-state index contributed by atoms with van der Waals surface area (Å²) < 4.78 is 17.6. The van der Waals surface area contributed by atoms with Gasteiger partial charge in [0, 0.05) is 43.6 Å². The van der Waals surface area contributed by atoms with Gasteiger partial charge >= 0.3 is 0 Å². The predicted molar refractivity (Wildman–Crippen MR) is 123 cm³/mol. The van der Waals surface area contributed by atoms with E-state index in [1.54, 1.807) is 7.11 Å². The summed E-state index contributed by atoms with van der Waals surface area (Å²) >= 11 is 3.67. The van der Waals surface area contributed by atoms with Crippen LogP contribution in [0.15, 0.2) is 40.9 Å². The Kier molecular flexibility index (Phi) is 7.35. The van der Waals surface area contributed by atoms with Gasteiger partial charge in [-0.05, 0) is 48.2 Å². The minimum Gasteiger partial charge on any atom is -0.497 e. The van der Waals surface area contributed by atoms with E-state index in [-0.39, 0.29) is 5.91 Å². The normalized spacial score (nSPS) is 16.6. The van der Waals surface area contributed by atoms with Crippen molar-refractivity contribution < 1.29 is 19.0 Å². The number of carbonyl (C=O) groups is 1. The molecule has 0 N–H and O–H groups in total. The number of methoxy groups -OCH3 is 1. The summed E-state index contributed by atoms with van der Waals surface area (Å²) in [5.41, 5.74) is 2.34. The van der Waals surface area contributed by atoms with Crippen molar-refractivity contribution >= 4 is 21.8 Å². The van der Waals surface area contributed by atoms with Gasteiger partial charge in [0.2, 0.25) is 5.91 Å². The average molecular weight is 489 g/mol. The van der Waals surface area contributed by atoms with Crippen molar-refractivity contribution in [1.29, 1.82) is 0 Å². The highest BCUT2D eigenvalue weighted by Gasteiger charge is 2.21. The number of nitrogens with zero attached hydrogens (tertiary/aromatic N) is 2. The third kappa shape index (κ3) is 5.71. The highest BCUT2D eigenvalue weighted by molar-refractivity contribution is 9.10. The molecule has 2 aliphatic heterocycles. The van der Waals surface area contributed by atoms with E-state index in [4.69, 9.17) is 14.2 Å². The molecule has 0 atom stereocenters. The smallest absolute Gasteiger partial charge is 0.222 e. The van der Waals surface area contributed by atoms with E-state index in [0.717, 1.165) is 72.9 Å². The van der Waals surface area contributed by atoms with Crippen molar-refractivity contribution in [3.63, 3.8) is 0 Å². The van der Waals surface area contributed by atoms with Crippen LogP contribution in [0.5, 0.6) is 17.2 Å². The van der Waals surface area contributed by atoms with E-state index < -0.39 is 0 Å². The van der Waals surface area contributed by atoms with Crippen LogP contribution in [0, 0.1) is 0 Å². The third-order valence-corrected chi connectivity index (χ3v) is 6.57. The number of hydrogen-bond acceptors (Lipinski definition) is 5. The summed E-state index contributed by atoms with van der Waals surface area (Å²) in [7, 11) is 1.66. The molecule has 31 heavy (non-hydrogen) atoms. The van der Waals surface area contributed by atoms with Gasteiger partial charge in [-0.1, -0.05) is 28.1 Å². The lowest BCUT2D eigenvalue weighted by atomic mass is 10.1. The second-order valence-electron chi connectivity index (χ2n) is 7.95. The number of aryl methyl sites for hydroxylation is 1. The van der Waals surface area contributed by atoms with Gasteiger partial charge < -0.3 is 19.1 Å². The van der Waals surface area contributed by atoms with E-state index in [1.807, 2.05) is 35.2 Å². The Morgan fingerprint density at radius 3 is 2.52 bits per heavy atom. The molecular formula is C24H29BrN2O4. The van der Waals surface area contributed by atoms with E-state index in [2.05, 4.69) is 26.9 Å². The van der Waals surface area contributed by atoms with Gasteiger partial charge in [-0.25, -0.2) is 0 Å². The minimum atomic E-state index is 0.234. The zero-order chi connectivity index (χ0) is 21.6. The molecule has 2 aromatic carbocycles. The van der Waals surface area contributed by atoms with Crippen molar-refractivity contribution in [2.45, 2.75) is 25.8 Å². The molecule has 166 valence electrons. The zero-order valence-corrected chi connectivity index (χ0v) is 19.5. The van der Waals surface area contributed by atoms with Crippen LogP contribution in [-0.4, -0.2) is 62.2 Å². The molecule has 0 spiro atoms. The molecule has 0 unspecified atom stereocenters. The van der Waals surface area contributed by atoms with Gasteiger partial charge in [0.1, 0.15) is 19.0 Å². The zero-order valence-electron chi connectivity index (χ0n) is 17.9. The van der Waals surface area contributed by atoms with Crippen molar-refractivity contribution in [2.75, 3.05) is 46.5 Å². The lowest BCUT2D eigenvalue weighted by molar-refractivity contribution is -0.131. The van der Waals surface area contributed by atoms with E-state index in [9.17, 15) is 4.79 Å². The first-order valence-corrected chi connectivity index (χ1v) is 11.6. The first-order chi connectivity index (χ1) is 15.1. The molecule has 0 radical (unpaired) electrons. The summed E-state index contributed by atoms with van der Waals surface area (Å²) in [4.78, 5) is 17.2. The number of halogens is 1. The number of ether oxygens (including phenoxy) is 3. The fourth-order valence-corrected chi connectivity index (χ4v) is 4.50. The third-order valence-electron chi connectivity index (χ3n) is 5.83. The highest BCUT2D eigenvalue weighted by Crippen LogP contribution is 2.36. The second-order valence-corrected chi connectivity index (χ2v) is 8.80. The molecule has 2 aromatic rings. The van der Waals surface area contributed by atoms with Crippen molar-refractivity contribution in [3.05, 3.63) is 52.0 Å². The number of benzene rings is 2. The van der Waals surface area contributed by atoms with Crippen LogP contribution >= 0.6 is 15.9 Å². The number of fused-ring (bicyclic) bond motifs is 1. The Morgan fingerprint density at radius 2 is 1.77 bits per heavy atom. The lowest BCUT2D eigenvalue weighted by Gasteiger charge is -2.24. The lowest BCUT2D eigenvalue weighted by Crippen LogP contribution is -2.35. The molecular weight excluding hydrogens is 460 g/mol. The Hall–Kier alpha value is -2.25. The maximum atomic E-state index is 12.8. The maximum absolute atomic E-state index is 12.8. The maximum Gasteiger partial charge on any atom is 0.222 e. The quantitative estimate of drug-likeness (QED) is 0.617. The Labute approximate surface area is 192 Å². The van der Waals surface area contributed by atoms with Crippen LogP contribution in [0.1, 0.15) is 24.0 Å². The molecule has 6 nitrogen and oxygen atoms in total. The number of carbonyl (C=O) groups excluding carboxylic acids is 1. The fourth-order valence-electron chi connectivity index (χ4n) is 4.05. The van der Waals surface area contributed by atoms with Gasteiger partial charge in [0.05, 0.1) is 7.11 Å². The van der Waals surface area contributed by atoms with Crippen LogP contribution in [0.3, 0.4) is 0 Å². The highest BCUT2D eigenvalue weighted by atomic mass is 79.9. The number of amides is 1. The molecule has 0 bridgehead atoms. The van der Waals surface area contributed by atoms with E-state index in [0.29, 0.717) is 19.6 Å². The molecule has 0 aliphatic carbocycles. The Morgan fingerprint density at radius 1 is 1.03 bits per heavy atom. The summed E-state index contributed by atoms with van der Waals surface area (Å²) in [6, 6.07) is 12.0. The van der Waals surface area contributed by atoms with Gasteiger partial charge in [-0.15, -0.1) is 0 Å². The molecule has 0 saturated carbocycles. The van der Waals surface area contributed by atoms with E-state index >= 15 is 0 Å². The molecule has 4 rings (SSSR count). The molecule has 7 heteroatoms. The predicted octanol–water partition coefficient (Wildman–Crippen LogP) is 3.90. The van der Waals surface area contributed by atoms with Gasteiger partial charge in [0.15, 0.2) is 11.5 Å². The number of rotatable bonds is 6. The fraction of sp³-hybridized carbons (Fsp3) is 0.458. The Balaban J connectivity index is 1.29. The SMILES string of the molecule is COc1ccc(CCC(=O)N2CCCN(Cc3cc4c(cc3Br)OCCO4)CC2)cc1. The molecule has 1 amide bonds. The van der Waals surface area contributed by atoms with Gasteiger partial charge in [-0.2, -0.15) is 0 Å². The second kappa shape index (κ2) is 10.4. The van der Waals surface area contributed by atoms with Gasteiger partial charge in [-0.3, -0.25) is 9.69 Å². The molecule has 2 aliphatic rings. The Bertz CT molecular complexity index is 903. The van der Waals surface area contributed by atoms with Crippen LogP contribution < -0.4 is 14.2 Å². The monoisotopic (exact) mass is 488 g/mol.